The Kier molecular flexibility index (Phi) is 1.97. The van der Waals surface area contributed by atoms with Gasteiger partial charge < -0.3 is 21.1 Å². The molecule has 4 N–H and O–H groups in total. The molecule has 3 fully saturated rings. The molecule has 4 heteroatoms. The molecule has 2 unspecified atom stereocenters. The van der Waals surface area contributed by atoms with E-state index in [-0.39, 0.29) is 5.54 Å². The third-order valence-corrected chi connectivity index (χ3v) is 4.94. The van der Waals surface area contributed by atoms with E-state index in [4.69, 9.17) is 5.73 Å². The molecule has 0 aliphatic carbocycles. The van der Waals surface area contributed by atoms with Crippen molar-refractivity contribution in [2.75, 3.05) is 20.1 Å². The lowest BCUT2D eigenvalue weighted by Gasteiger charge is -2.55. The summed E-state index contributed by atoms with van der Waals surface area (Å²) in [4.78, 5) is 2.43. The maximum Gasteiger partial charge on any atom is 0.0881 e. The van der Waals surface area contributed by atoms with Crippen LogP contribution in [0.5, 0.6) is 0 Å². The van der Waals surface area contributed by atoms with Gasteiger partial charge in [0.1, 0.15) is 0 Å². The zero-order valence-electron chi connectivity index (χ0n) is 9.37. The Morgan fingerprint density at radius 1 is 1.27 bits per heavy atom. The van der Waals surface area contributed by atoms with Crippen molar-refractivity contribution in [1.29, 1.82) is 0 Å². The Bertz CT molecular complexity index is 263. The van der Waals surface area contributed by atoms with Crippen LogP contribution < -0.4 is 11.1 Å². The molecule has 0 spiro atoms. The second-order valence-corrected chi connectivity index (χ2v) is 5.75. The topological polar surface area (TPSA) is 61.5 Å². The molecule has 3 saturated heterocycles. The van der Waals surface area contributed by atoms with E-state index in [1.165, 1.54) is 12.8 Å². The van der Waals surface area contributed by atoms with Crippen molar-refractivity contribution in [3.63, 3.8) is 0 Å². The van der Waals surface area contributed by atoms with Crippen molar-refractivity contribution in [2.24, 2.45) is 5.73 Å². The van der Waals surface area contributed by atoms with Gasteiger partial charge in [-0.2, -0.15) is 0 Å². The van der Waals surface area contributed by atoms with Gasteiger partial charge in [0.05, 0.1) is 11.1 Å². The van der Waals surface area contributed by atoms with E-state index < -0.39 is 5.60 Å². The third kappa shape index (κ3) is 1.22. The Morgan fingerprint density at radius 2 is 1.80 bits per heavy atom. The zero-order valence-corrected chi connectivity index (χ0v) is 9.37. The van der Waals surface area contributed by atoms with Gasteiger partial charge in [0, 0.05) is 25.2 Å². The zero-order chi connectivity index (χ0) is 10.7. The Morgan fingerprint density at radius 3 is 2.20 bits per heavy atom. The van der Waals surface area contributed by atoms with E-state index in [0.717, 1.165) is 25.9 Å². The minimum atomic E-state index is -0.628. The first-order valence-electron chi connectivity index (χ1n) is 5.98. The van der Waals surface area contributed by atoms with Crippen molar-refractivity contribution in [3.8, 4) is 0 Å². The fourth-order valence-corrected chi connectivity index (χ4v) is 3.58. The first kappa shape index (κ1) is 10.0. The largest absolute Gasteiger partial charge is 0.388 e. The van der Waals surface area contributed by atoms with Crippen LogP contribution in [0.25, 0.3) is 0 Å². The van der Waals surface area contributed by atoms with Crippen LogP contribution in [0, 0.1) is 0 Å². The van der Waals surface area contributed by atoms with Gasteiger partial charge in [0.25, 0.3) is 0 Å². The van der Waals surface area contributed by atoms with Crippen LogP contribution in [0.4, 0.5) is 0 Å². The molecule has 0 saturated carbocycles. The number of piperidine rings is 1. The lowest BCUT2D eigenvalue weighted by atomic mass is 9.68. The predicted molar refractivity (Wildman–Crippen MR) is 58.5 cm³/mol. The smallest absolute Gasteiger partial charge is 0.0881 e. The average Bonchev–Trinajstić information content (AvgIpc) is 2.39. The lowest BCUT2D eigenvalue weighted by Crippen LogP contribution is -2.79. The first-order chi connectivity index (χ1) is 7.04. The van der Waals surface area contributed by atoms with Crippen molar-refractivity contribution in [2.45, 2.75) is 48.9 Å². The van der Waals surface area contributed by atoms with Crippen molar-refractivity contribution < 1.29 is 5.11 Å². The summed E-state index contributed by atoms with van der Waals surface area (Å²) >= 11 is 0. The summed E-state index contributed by atoms with van der Waals surface area (Å²) in [7, 11) is 2.18. The molecule has 3 rings (SSSR count). The first-order valence-corrected chi connectivity index (χ1v) is 5.98. The quantitative estimate of drug-likeness (QED) is 0.535. The number of fused-ring (bicyclic) bond motifs is 2. The third-order valence-electron chi connectivity index (χ3n) is 4.94. The lowest BCUT2D eigenvalue weighted by molar-refractivity contribution is -0.113. The number of rotatable bonds is 1. The number of nitrogens with two attached hydrogens (primary N) is 1. The standard InChI is InChI=1S/C11H21N3O/c1-14-8-2-3-9(14)5-11(15,4-8)10(12)6-13-7-10/h8-9,13,15H,2-7,12H2,1H3. The van der Waals surface area contributed by atoms with Crippen LogP contribution >= 0.6 is 0 Å². The van der Waals surface area contributed by atoms with E-state index in [2.05, 4.69) is 17.3 Å². The highest BCUT2D eigenvalue weighted by Crippen LogP contribution is 2.44. The van der Waals surface area contributed by atoms with Gasteiger partial charge in [-0.15, -0.1) is 0 Å². The Hall–Kier alpha value is -0.160. The monoisotopic (exact) mass is 211 g/mol. The summed E-state index contributed by atoms with van der Waals surface area (Å²) in [5, 5.41) is 13.9. The molecule has 0 aromatic carbocycles. The SMILES string of the molecule is CN1C2CCC1CC(O)(C1(N)CNC1)C2. The summed E-state index contributed by atoms with van der Waals surface area (Å²) in [6.45, 7) is 1.54. The minimum absolute atomic E-state index is 0.366. The molecular weight excluding hydrogens is 190 g/mol. The predicted octanol–water partition coefficient (Wildman–Crippen LogP) is -0.725. The highest BCUT2D eigenvalue weighted by molar-refractivity contribution is 5.17. The van der Waals surface area contributed by atoms with Gasteiger partial charge in [-0.1, -0.05) is 0 Å². The maximum atomic E-state index is 10.8. The number of nitrogens with zero attached hydrogens (tertiary/aromatic N) is 1. The van der Waals surface area contributed by atoms with Crippen molar-refractivity contribution in [1.82, 2.24) is 10.2 Å². The van der Waals surface area contributed by atoms with E-state index in [0.29, 0.717) is 12.1 Å². The van der Waals surface area contributed by atoms with E-state index in [1.54, 1.807) is 0 Å². The molecule has 3 aliphatic rings. The molecule has 3 heterocycles. The summed E-state index contributed by atoms with van der Waals surface area (Å²) in [6.07, 6.45) is 4.18. The molecule has 0 radical (unpaired) electrons. The van der Waals surface area contributed by atoms with Crippen LogP contribution in [-0.2, 0) is 0 Å². The normalized spacial score (nSPS) is 49.0. The van der Waals surface area contributed by atoms with E-state index in [1.807, 2.05) is 0 Å². The minimum Gasteiger partial charge on any atom is -0.388 e. The van der Waals surface area contributed by atoms with Crippen LogP contribution in [0.3, 0.4) is 0 Å². The number of hydrogen-bond acceptors (Lipinski definition) is 4. The summed E-state index contributed by atoms with van der Waals surface area (Å²) < 4.78 is 0. The van der Waals surface area contributed by atoms with Crippen LogP contribution in [0.15, 0.2) is 0 Å². The summed E-state index contributed by atoms with van der Waals surface area (Å²) in [5.74, 6) is 0. The molecule has 0 amide bonds. The van der Waals surface area contributed by atoms with Gasteiger partial charge in [-0.25, -0.2) is 0 Å². The van der Waals surface area contributed by atoms with E-state index >= 15 is 0 Å². The molecule has 2 atom stereocenters. The highest BCUT2D eigenvalue weighted by atomic mass is 16.3. The van der Waals surface area contributed by atoms with Crippen LogP contribution in [0.1, 0.15) is 25.7 Å². The average molecular weight is 211 g/mol. The molecule has 0 aromatic rings. The number of aliphatic hydroxyl groups is 1. The fraction of sp³-hybridized carbons (Fsp3) is 1.00. The molecular formula is C11H21N3O. The number of hydrogen-bond donors (Lipinski definition) is 3. The van der Waals surface area contributed by atoms with Crippen LogP contribution in [0.2, 0.25) is 0 Å². The fourth-order valence-electron chi connectivity index (χ4n) is 3.58. The van der Waals surface area contributed by atoms with Crippen LogP contribution in [-0.4, -0.2) is 53.4 Å². The van der Waals surface area contributed by atoms with Gasteiger partial charge in [-0.3, -0.25) is 0 Å². The Labute approximate surface area is 90.8 Å². The molecule has 0 aromatic heterocycles. The van der Waals surface area contributed by atoms with Gasteiger partial charge in [-0.05, 0) is 32.7 Å². The Balaban J connectivity index is 1.83. The second kappa shape index (κ2) is 2.94. The van der Waals surface area contributed by atoms with Gasteiger partial charge in [0.15, 0.2) is 0 Å². The molecule has 86 valence electrons. The van der Waals surface area contributed by atoms with Gasteiger partial charge >= 0.3 is 0 Å². The summed E-state index contributed by atoms with van der Waals surface area (Å²) in [5.41, 5.74) is 5.28. The molecule has 2 bridgehead atoms. The summed E-state index contributed by atoms with van der Waals surface area (Å²) in [6, 6.07) is 1.10. The maximum absolute atomic E-state index is 10.8. The molecule has 15 heavy (non-hydrogen) atoms. The highest BCUT2D eigenvalue weighted by Gasteiger charge is 2.57. The van der Waals surface area contributed by atoms with Gasteiger partial charge in [0.2, 0.25) is 0 Å². The number of nitrogens with one attached hydrogen (secondary N) is 1. The van der Waals surface area contributed by atoms with Crippen molar-refractivity contribution >= 4 is 0 Å². The molecule has 4 nitrogen and oxygen atoms in total. The molecule has 3 aliphatic heterocycles. The van der Waals surface area contributed by atoms with E-state index in [9.17, 15) is 5.11 Å². The van der Waals surface area contributed by atoms with Crippen molar-refractivity contribution in [3.05, 3.63) is 0 Å². The second-order valence-electron chi connectivity index (χ2n) is 5.75.